The van der Waals surface area contributed by atoms with Gasteiger partial charge in [0.2, 0.25) is 11.6 Å². The summed E-state index contributed by atoms with van der Waals surface area (Å²) in [6.07, 6.45) is 0. The molecule has 4 rings (SSSR count). The SMILES string of the molecule is COc1ccc(C)cc1NC(=O)c1nc(-c2cc(OC)c(OC)c(OC)c2)n(-c2ccc(F)c(Cl)c2)n1. The van der Waals surface area contributed by atoms with Crippen LogP contribution in [0.4, 0.5) is 10.1 Å². The Hall–Kier alpha value is -4.31. The number of benzene rings is 3. The van der Waals surface area contributed by atoms with Gasteiger partial charge >= 0.3 is 0 Å². The first-order valence-electron chi connectivity index (χ1n) is 11.0. The molecule has 4 aromatic rings. The van der Waals surface area contributed by atoms with E-state index in [0.717, 1.165) is 5.56 Å². The molecule has 0 aliphatic heterocycles. The predicted octanol–water partition coefficient (Wildman–Crippen LogP) is 5.32. The van der Waals surface area contributed by atoms with Gasteiger partial charge in [-0.05, 0) is 55.0 Å². The average molecular weight is 527 g/mol. The van der Waals surface area contributed by atoms with Crippen molar-refractivity contribution in [2.45, 2.75) is 6.92 Å². The van der Waals surface area contributed by atoms with E-state index in [1.807, 2.05) is 13.0 Å². The van der Waals surface area contributed by atoms with E-state index in [1.165, 1.54) is 51.3 Å². The maximum absolute atomic E-state index is 13.9. The topological polar surface area (TPSA) is 96.7 Å². The van der Waals surface area contributed by atoms with E-state index >= 15 is 0 Å². The van der Waals surface area contributed by atoms with Gasteiger partial charge in [0, 0.05) is 5.56 Å². The van der Waals surface area contributed by atoms with Crippen LogP contribution in [0.25, 0.3) is 17.1 Å². The first-order valence-corrected chi connectivity index (χ1v) is 11.4. The van der Waals surface area contributed by atoms with Crippen LogP contribution in [0.15, 0.2) is 48.5 Å². The molecular weight excluding hydrogens is 503 g/mol. The molecule has 0 spiro atoms. The molecule has 0 fully saturated rings. The van der Waals surface area contributed by atoms with Crippen molar-refractivity contribution in [2.24, 2.45) is 0 Å². The predicted molar refractivity (Wildman–Crippen MR) is 137 cm³/mol. The van der Waals surface area contributed by atoms with Crippen molar-refractivity contribution in [3.05, 3.63) is 70.8 Å². The van der Waals surface area contributed by atoms with Crippen LogP contribution in [0.3, 0.4) is 0 Å². The molecule has 9 nitrogen and oxygen atoms in total. The van der Waals surface area contributed by atoms with Crippen molar-refractivity contribution in [1.29, 1.82) is 0 Å². The summed E-state index contributed by atoms with van der Waals surface area (Å²) in [6.45, 7) is 1.89. The highest BCUT2D eigenvalue weighted by molar-refractivity contribution is 6.30. The first-order chi connectivity index (χ1) is 17.8. The molecule has 0 unspecified atom stereocenters. The standard InChI is InChI=1S/C26H24ClFN4O5/c1-14-6-9-20(34-2)19(10-14)29-26(33)24-30-25(32(31-24)16-7-8-18(28)17(27)13-16)15-11-21(35-3)23(37-5)22(12-15)36-4/h6-13H,1-5H3,(H,29,33). The number of ether oxygens (including phenoxy) is 4. The molecule has 0 atom stereocenters. The Balaban J connectivity index is 1.86. The first kappa shape index (κ1) is 25.8. The highest BCUT2D eigenvalue weighted by Gasteiger charge is 2.23. The number of hydrogen-bond acceptors (Lipinski definition) is 7. The number of aromatic nitrogens is 3. The average Bonchev–Trinajstić information content (AvgIpc) is 3.35. The van der Waals surface area contributed by atoms with Gasteiger partial charge in [-0.25, -0.2) is 14.1 Å². The van der Waals surface area contributed by atoms with Gasteiger partial charge in [0.15, 0.2) is 17.3 Å². The van der Waals surface area contributed by atoms with Crippen LogP contribution in [-0.4, -0.2) is 49.1 Å². The van der Waals surface area contributed by atoms with Gasteiger partial charge in [0.25, 0.3) is 5.91 Å². The van der Waals surface area contributed by atoms with E-state index in [4.69, 9.17) is 30.5 Å². The van der Waals surface area contributed by atoms with Crippen molar-refractivity contribution in [3.63, 3.8) is 0 Å². The lowest BCUT2D eigenvalue weighted by Crippen LogP contribution is -2.15. The van der Waals surface area contributed by atoms with Gasteiger partial charge in [-0.15, -0.1) is 5.10 Å². The zero-order chi connectivity index (χ0) is 26.7. The number of anilines is 1. The summed E-state index contributed by atoms with van der Waals surface area (Å²) in [5.41, 5.74) is 2.26. The maximum Gasteiger partial charge on any atom is 0.295 e. The van der Waals surface area contributed by atoms with Gasteiger partial charge in [-0.2, -0.15) is 0 Å². The van der Waals surface area contributed by atoms with Gasteiger partial charge in [0.1, 0.15) is 11.6 Å². The molecule has 1 aromatic heterocycles. The van der Waals surface area contributed by atoms with Crippen LogP contribution in [0, 0.1) is 12.7 Å². The number of nitrogens with zero attached hydrogens (tertiary/aromatic N) is 3. The van der Waals surface area contributed by atoms with E-state index in [-0.39, 0.29) is 16.7 Å². The second-order valence-electron chi connectivity index (χ2n) is 7.84. The minimum absolute atomic E-state index is 0.112. The van der Waals surface area contributed by atoms with Crippen molar-refractivity contribution in [2.75, 3.05) is 33.8 Å². The molecule has 0 bridgehead atoms. The molecule has 0 radical (unpaired) electrons. The lowest BCUT2D eigenvalue weighted by atomic mass is 10.1. The van der Waals surface area contributed by atoms with Gasteiger partial charge < -0.3 is 24.3 Å². The molecule has 0 saturated carbocycles. The van der Waals surface area contributed by atoms with Crippen LogP contribution >= 0.6 is 11.6 Å². The fraction of sp³-hybridized carbons (Fsp3) is 0.192. The largest absolute Gasteiger partial charge is 0.495 e. The Morgan fingerprint density at radius 1 is 0.919 bits per heavy atom. The van der Waals surface area contributed by atoms with Crippen molar-refractivity contribution in [1.82, 2.24) is 14.8 Å². The molecule has 0 aliphatic carbocycles. The monoisotopic (exact) mass is 526 g/mol. The third kappa shape index (κ3) is 5.14. The van der Waals surface area contributed by atoms with E-state index in [1.54, 1.807) is 24.3 Å². The van der Waals surface area contributed by atoms with Gasteiger partial charge in [-0.3, -0.25) is 4.79 Å². The Morgan fingerprint density at radius 3 is 2.19 bits per heavy atom. The lowest BCUT2D eigenvalue weighted by Gasteiger charge is -2.14. The second-order valence-corrected chi connectivity index (χ2v) is 8.25. The molecule has 192 valence electrons. The summed E-state index contributed by atoms with van der Waals surface area (Å²) in [4.78, 5) is 17.7. The summed E-state index contributed by atoms with van der Waals surface area (Å²) >= 11 is 6.04. The minimum Gasteiger partial charge on any atom is -0.495 e. The summed E-state index contributed by atoms with van der Waals surface area (Å²) in [7, 11) is 5.97. The number of amides is 1. The summed E-state index contributed by atoms with van der Waals surface area (Å²) < 4.78 is 37.0. The molecule has 0 saturated heterocycles. The number of rotatable bonds is 8. The van der Waals surface area contributed by atoms with E-state index in [9.17, 15) is 9.18 Å². The number of hydrogen-bond donors (Lipinski definition) is 1. The van der Waals surface area contributed by atoms with Crippen LogP contribution in [-0.2, 0) is 0 Å². The Kier molecular flexibility index (Phi) is 7.49. The Bertz CT molecular complexity index is 1450. The zero-order valence-corrected chi connectivity index (χ0v) is 21.5. The number of nitrogens with one attached hydrogen (secondary N) is 1. The Labute approximate surface area is 217 Å². The molecule has 0 aliphatic rings. The van der Waals surface area contributed by atoms with Crippen LogP contribution in [0.5, 0.6) is 23.0 Å². The van der Waals surface area contributed by atoms with E-state index in [0.29, 0.717) is 39.9 Å². The highest BCUT2D eigenvalue weighted by atomic mass is 35.5. The number of carbonyl (C=O) groups is 1. The highest BCUT2D eigenvalue weighted by Crippen LogP contribution is 2.41. The molecular formula is C26H24ClFN4O5. The van der Waals surface area contributed by atoms with Crippen molar-refractivity contribution >= 4 is 23.2 Å². The fourth-order valence-corrected chi connectivity index (χ4v) is 3.87. The number of halogens is 2. The number of methoxy groups -OCH3 is 4. The van der Waals surface area contributed by atoms with Crippen LogP contribution in [0.2, 0.25) is 5.02 Å². The van der Waals surface area contributed by atoms with Crippen LogP contribution < -0.4 is 24.3 Å². The summed E-state index contributed by atoms with van der Waals surface area (Å²) in [6, 6.07) is 12.8. The van der Waals surface area contributed by atoms with Crippen LogP contribution in [0.1, 0.15) is 16.2 Å². The second kappa shape index (κ2) is 10.8. The quantitative estimate of drug-likeness (QED) is 0.332. The smallest absolute Gasteiger partial charge is 0.295 e. The third-order valence-electron chi connectivity index (χ3n) is 5.48. The van der Waals surface area contributed by atoms with E-state index < -0.39 is 11.7 Å². The lowest BCUT2D eigenvalue weighted by molar-refractivity contribution is 0.101. The number of aryl methyl sites for hydroxylation is 1. The molecule has 1 N–H and O–H groups in total. The molecule has 1 amide bonds. The summed E-state index contributed by atoms with van der Waals surface area (Å²) in [5.74, 6) is 0.547. The Morgan fingerprint density at radius 2 is 1.59 bits per heavy atom. The number of carbonyl (C=O) groups excluding carboxylic acids is 1. The molecule has 11 heteroatoms. The maximum atomic E-state index is 13.9. The normalized spacial score (nSPS) is 10.7. The zero-order valence-electron chi connectivity index (χ0n) is 20.8. The van der Waals surface area contributed by atoms with Gasteiger partial charge in [-0.1, -0.05) is 17.7 Å². The third-order valence-corrected chi connectivity index (χ3v) is 5.77. The molecule has 1 heterocycles. The van der Waals surface area contributed by atoms with E-state index in [2.05, 4.69) is 15.4 Å². The molecule has 37 heavy (non-hydrogen) atoms. The molecule has 3 aromatic carbocycles. The van der Waals surface area contributed by atoms with Crippen molar-refractivity contribution < 1.29 is 28.1 Å². The minimum atomic E-state index is -0.593. The summed E-state index contributed by atoms with van der Waals surface area (Å²) in [5, 5.41) is 7.09. The van der Waals surface area contributed by atoms with Gasteiger partial charge in [0.05, 0.1) is 44.8 Å². The van der Waals surface area contributed by atoms with Crippen molar-refractivity contribution in [3.8, 4) is 40.1 Å². The fourth-order valence-electron chi connectivity index (χ4n) is 3.70.